The minimum atomic E-state index is -0.439. The minimum Gasteiger partial charge on any atom is -0.306 e. The summed E-state index contributed by atoms with van der Waals surface area (Å²) in [5, 5.41) is 10.8. The highest BCUT2D eigenvalue weighted by Gasteiger charge is 2.31. The number of carbonyl (C=O) groups is 2. The lowest BCUT2D eigenvalue weighted by atomic mass is 10.1. The second-order valence-corrected chi connectivity index (χ2v) is 7.92. The number of rotatable bonds is 4. The van der Waals surface area contributed by atoms with Crippen molar-refractivity contribution in [1.29, 1.82) is 0 Å². The van der Waals surface area contributed by atoms with Gasteiger partial charge in [0.15, 0.2) is 5.82 Å². The zero-order valence-electron chi connectivity index (χ0n) is 15.2. The molecule has 10 heteroatoms. The summed E-state index contributed by atoms with van der Waals surface area (Å²) in [5.74, 6) is 0.743. The van der Waals surface area contributed by atoms with Gasteiger partial charge in [-0.05, 0) is 30.9 Å². The first-order valence-electron chi connectivity index (χ1n) is 9.21. The number of carbonyl (C=O) groups excluding carboxylic acids is 2. The van der Waals surface area contributed by atoms with Crippen molar-refractivity contribution in [1.82, 2.24) is 14.6 Å². The summed E-state index contributed by atoms with van der Waals surface area (Å²) in [6.07, 6.45) is 7.49. The molecule has 3 aromatic heterocycles. The lowest BCUT2D eigenvalue weighted by Gasteiger charge is -2.30. The predicted molar refractivity (Wildman–Crippen MR) is 111 cm³/mol. The molecule has 2 N–H and O–H groups in total. The Hall–Kier alpha value is -2.84. The molecule has 0 atom stereocenters. The summed E-state index contributed by atoms with van der Waals surface area (Å²) < 4.78 is 1.72. The number of nitrogens with one attached hydrogen (secondary N) is 2. The van der Waals surface area contributed by atoms with Gasteiger partial charge in [0.25, 0.3) is 0 Å². The van der Waals surface area contributed by atoms with Gasteiger partial charge in [-0.1, -0.05) is 23.2 Å². The molecule has 0 aromatic carbocycles. The molecule has 0 spiro atoms. The number of halogens is 2. The van der Waals surface area contributed by atoms with Gasteiger partial charge in [-0.3, -0.25) is 9.69 Å². The number of hydrogen-bond donors (Lipinski definition) is 2. The number of anilines is 3. The number of β-lactam (4-membered cyclic amide) rings is 1. The van der Waals surface area contributed by atoms with E-state index in [0.717, 1.165) is 23.9 Å². The zero-order chi connectivity index (χ0) is 20.1. The highest BCUT2D eigenvalue weighted by molar-refractivity contribution is 6.34. The van der Waals surface area contributed by atoms with Crippen LogP contribution in [0.15, 0.2) is 30.7 Å². The van der Waals surface area contributed by atoms with Crippen LogP contribution in [0.2, 0.25) is 10.0 Å². The Morgan fingerprint density at radius 3 is 2.66 bits per heavy atom. The maximum atomic E-state index is 12.6. The molecule has 1 saturated carbocycles. The molecule has 8 nitrogen and oxygen atoms in total. The molecule has 148 valence electrons. The summed E-state index contributed by atoms with van der Waals surface area (Å²) in [4.78, 5) is 29.8. The SMILES string of the molecule is O=C(Nc1cnc(N2CCC2=O)c(Cl)c1)Nc1cnn2ccc(Cl)c2c1C1CC1. The smallest absolute Gasteiger partial charge is 0.306 e. The molecule has 3 amide bonds. The van der Waals surface area contributed by atoms with E-state index in [1.54, 1.807) is 29.0 Å². The lowest BCUT2D eigenvalue weighted by Crippen LogP contribution is -2.44. The van der Waals surface area contributed by atoms with Crippen molar-refractivity contribution < 1.29 is 9.59 Å². The minimum absolute atomic E-state index is 0.0163. The predicted octanol–water partition coefficient (Wildman–Crippen LogP) is 4.29. The Morgan fingerprint density at radius 2 is 2.00 bits per heavy atom. The number of aromatic nitrogens is 3. The summed E-state index contributed by atoms with van der Waals surface area (Å²) in [6.45, 7) is 0.598. The number of hydrogen-bond acceptors (Lipinski definition) is 4. The van der Waals surface area contributed by atoms with Gasteiger partial charge in [0.1, 0.15) is 0 Å². The third kappa shape index (κ3) is 3.28. The van der Waals surface area contributed by atoms with Crippen molar-refractivity contribution in [3.05, 3.63) is 46.3 Å². The van der Waals surface area contributed by atoms with Gasteiger partial charge in [-0.2, -0.15) is 5.10 Å². The zero-order valence-corrected chi connectivity index (χ0v) is 16.7. The Kier molecular flexibility index (Phi) is 4.33. The van der Waals surface area contributed by atoms with Crippen LogP contribution in [0.5, 0.6) is 0 Å². The largest absolute Gasteiger partial charge is 0.323 e. The molecule has 1 aliphatic heterocycles. The van der Waals surface area contributed by atoms with Gasteiger partial charge in [0.05, 0.1) is 39.3 Å². The summed E-state index contributed by atoms with van der Waals surface area (Å²) >= 11 is 12.6. The van der Waals surface area contributed by atoms with Crippen LogP contribution in [-0.4, -0.2) is 33.1 Å². The van der Waals surface area contributed by atoms with Crippen LogP contribution in [0.25, 0.3) is 5.52 Å². The lowest BCUT2D eigenvalue weighted by molar-refractivity contribution is -0.122. The number of pyridine rings is 1. The van der Waals surface area contributed by atoms with Crippen LogP contribution in [-0.2, 0) is 4.79 Å². The van der Waals surface area contributed by atoms with Crippen LogP contribution in [0, 0.1) is 0 Å². The second-order valence-electron chi connectivity index (χ2n) is 7.11. The van der Waals surface area contributed by atoms with Crippen LogP contribution >= 0.6 is 23.2 Å². The standard InChI is InChI=1S/C19H16Cl2N6O2/c20-12-3-6-27-17(12)16(10-1-2-10)14(9-23-27)25-19(29)24-11-7-13(21)18(22-8-11)26-5-4-15(26)28/h3,6-10H,1-2,4-5H2,(H2,24,25,29). The van der Waals surface area contributed by atoms with Crippen molar-refractivity contribution >= 4 is 57.8 Å². The second kappa shape index (κ2) is 6.89. The monoisotopic (exact) mass is 430 g/mol. The molecule has 1 aliphatic carbocycles. The Balaban J connectivity index is 1.36. The quantitative estimate of drug-likeness (QED) is 0.603. The molecule has 0 radical (unpaired) electrons. The Morgan fingerprint density at radius 1 is 1.17 bits per heavy atom. The fraction of sp³-hybridized carbons (Fsp3) is 0.263. The van der Waals surface area contributed by atoms with Gasteiger partial charge in [0.2, 0.25) is 5.91 Å². The van der Waals surface area contributed by atoms with E-state index < -0.39 is 6.03 Å². The van der Waals surface area contributed by atoms with Crippen molar-refractivity contribution in [3.63, 3.8) is 0 Å². The number of fused-ring (bicyclic) bond motifs is 1. The molecular formula is C19H16Cl2N6O2. The normalized spacial score (nSPS) is 16.1. The van der Waals surface area contributed by atoms with E-state index in [1.165, 1.54) is 11.1 Å². The maximum Gasteiger partial charge on any atom is 0.323 e. The number of nitrogens with zero attached hydrogens (tertiary/aromatic N) is 4. The van der Waals surface area contributed by atoms with E-state index in [0.29, 0.717) is 46.1 Å². The van der Waals surface area contributed by atoms with E-state index in [1.807, 2.05) is 0 Å². The molecule has 2 fully saturated rings. The first-order valence-corrected chi connectivity index (χ1v) is 9.96. The van der Waals surface area contributed by atoms with Gasteiger partial charge in [-0.25, -0.2) is 14.3 Å². The molecule has 4 heterocycles. The highest BCUT2D eigenvalue weighted by Crippen LogP contribution is 2.46. The van der Waals surface area contributed by atoms with E-state index in [-0.39, 0.29) is 5.91 Å². The number of urea groups is 1. The Labute approximate surface area is 175 Å². The third-order valence-corrected chi connectivity index (χ3v) is 5.68. The molecule has 1 saturated heterocycles. The van der Waals surface area contributed by atoms with Crippen LogP contribution in [0.4, 0.5) is 22.0 Å². The van der Waals surface area contributed by atoms with E-state index in [9.17, 15) is 9.59 Å². The molecule has 2 aliphatic rings. The average molecular weight is 431 g/mol. The van der Waals surface area contributed by atoms with E-state index >= 15 is 0 Å². The van der Waals surface area contributed by atoms with Crippen LogP contribution in [0.1, 0.15) is 30.7 Å². The molecule has 0 bridgehead atoms. The highest BCUT2D eigenvalue weighted by atomic mass is 35.5. The van der Waals surface area contributed by atoms with Gasteiger partial charge in [0, 0.05) is 24.7 Å². The third-order valence-electron chi connectivity index (χ3n) is 5.09. The number of amides is 3. The molecule has 29 heavy (non-hydrogen) atoms. The molecule has 0 unspecified atom stereocenters. The van der Waals surface area contributed by atoms with Crippen molar-refractivity contribution in [2.45, 2.75) is 25.2 Å². The molecular weight excluding hydrogens is 415 g/mol. The van der Waals surface area contributed by atoms with Crippen molar-refractivity contribution in [2.75, 3.05) is 22.1 Å². The van der Waals surface area contributed by atoms with Crippen molar-refractivity contribution in [2.24, 2.45) is 0 Å². The summed E-state index contributed by atoms with van der Waals surface area (Å²) in [6, 6.07) is 2.92. The van der Waals surface area contributed by atoms with Crippen molar-refractivity contribution in [3.8, 4) is 0 Å². The van der Waals surface area contributed by atoms with Gasteiger partial charge >= 0.3 is 6.03 Å². The topological polar surface area (TPSA) is 91.6 Å². The van der Waals surface area contributed by atoms with Gasteiger partial charge in [-0.15, -0.1) is 0 Å². The first kappa shape index (κ1) is 18.2. The summed E-state index contributed by atoms with van der Waals surface area (Å²) in [5.41, 5.74) is 2.86. The van der Waals surface area contributed by atoms with E-state index in [4.69, 9.17) is 23.2 Å². The van der Waals surface area contributed by atoms with Crippen LogP contribution in [0.3, 0.4) is 0 Å². The average Bonchev–Trinajstić information content (AvgIpc) is 3.45. The summed E-state index contributed by atoms with van der Waals surface area (Å²) in [7, 11) is 0. The maximum absolute atomic E-state index is 12.6. The fourth-order valence-electron chi connectivity index (χ4n) is 3.47. The van der Waals surface area contributed by atoms with Gasteiger partial charge < -0.3 is 10.6 Å². The van der Waals surface area contributed by atoms with E-state index in [2.05, 4.69) is 20.7 Å². The van der Waals surface area contributed by atoms with Crippen LogP contribution < -0.4 is 15.5 Å². The Bertz CT molecular complexity index is 1160. The fourth-order valence-corrected chi connectivity index (χ4v) is 3.98. The molecule has 5 rings (SSSR count). The first-order chi connectivity index (χ1) is 14.0. The molecule has 3 aromatic rings.